The van der Waals surface area contributed by atoms with Crippen molar-refractivity contribution in [3.05, 3.63) is 42.5 Å². The molecular weight excluding hydrogens is 192 g/mol. The zero-order valence-electron chi connectivity index (χ0n) is 8.53. The predicted molar refractivity (Wildman–Crippen MR) is 64.1 cm³/mol. The molecule has 0 aliphatic carbocycles. The van der Waals surface area contributed by atoms with E-state index in [9.17, 15) is 0 Å². The summed E-state index contributed by atoms with van der Waals surface area (Å²) in [6.07, 6.45) is 0. The van der Waals surface area contributed by atoms with Crippen molar-refractivity contribution in [1.82, 2.24) is 0 Å². The molecule has 0 spiro atoms. The molecule has 0 unspecified atom stereocenters. The van der Waals surface area contributed by atoms with Crippen LogP contribution in [0.15, 0.2) is 42.5 Å². The van der Waals surface area contributed by atoms with Crippen molar-refractivity contribution < 1.29 is 4.74 Å². The molecule has 0 aliphatic heterocycles. The summed E-state index contributed by atoms with van der Waals surface area (Å²) < 4.78 is 5.54. The molecule has 0 N–H and O–H groups in total. The highest BCUT2D eigenvalue weighted by atomic mass is 32.2. The Labute approximate surface area is 90.2 Å². The second-order valence-corrected chi connectivity index (χ2v) is 4.28. The van der Waals surface area contributed by atoms with Crippen LogP contribution in [0.5, 0.6) is 5.75 Å². The summed E-state index contributed by atoms with van der Waals surface area (Å²) in [5.74, 6) is 2.99. The summed E-state index contributed by atoms with van der Waals surface area (Å²) in [5.41, 5.74) is 1.22. The van der Waals surface area contributed by atoms with Crippen LogP contribution in [-0.4, -0.2) is 18.1 Å². The Morgan fingerprint density at radius 2 is 2.07 bits per heavy atom. The van der Waals surface area contributed by atoms with Crippen molar-refractivity contribution in [2.45, 2.75) is 6.92 Å². The smallest absolute Gasteiger partial charge is 0.119 e. The first kappa shape index (κ1) is 11.2. The van der Waals surface area contributed by atoms with Gasteiger partial charge in [0, 0.05) is 11.5 Å². The van der Waals surface area contributed by atoms with Gasteiger partial charge in [-0.2, -0.15) is 11.8 Å². The van der Waals surface area contributed by atoms with Crippen LogP contribution in [0.3, 0.4) is 0 Å². The number of thioether (sulfide) groups is 1. The van der Waals surface area contributed by atoms with E-state index >= 15 is 0 Å². The Morgan fingerprint density at radius 1 is 1.36 bits per heavy atom. The van der Waals surface area contributed by atoms with E-state index < -0.39 is 0 Å². The number of hydrogen-bond donors (Lipinski definition) is 0. The molecule has 0 saturated carbocycles. The van der Waals surface area contributed by atoms with Gasteiger partial charge in [0.2, 0.25) is 0 Å². The number of ether oxygens (including phenoxy) is 1. The summed E-state index contributed by atoms with van der Waals surface area (Å²) in [5, 5.41) is 0. The third-order valence-corrected chi connectivity index (χ3v) is 2.74. The lowest BCUT2D eigenvalue weighted by Gasteiger charge is -2.05. The van der Waals surface area contributed by atoms with Crippen LogP contribution in [0.1, 0.15) is 6.92 Å². The maximum Gasteiger partial charge on any atom is 0.119 e. The van der Waals surface area contributed by atoms with Crippen molar-refractivity contribution in [1.29, 1.82) is 0 Å². The minimum absolute atomic E-state index is 0.766. The average molecular weight is 208 g/mol. The van der Waals surface area contributed by atoms with E-state index in [4.69, 9.17) is 4.74 Å². The first-order valence-electron chi connectivity index (χ1n) is 4.69. The van der Waals surface area contributed by atoms with Crippen LogP contribution in [-0.2, 0) is 0 Å². The zero-order chi connectivity index (χ0) is 10.2. The summed E-state index contributed by atoms with van der Waals surface area (Å²) in [4.78, 5) is 0. The standard InChI is InChI=1S/C12H16OS/c1-11(2)10-14-9-8-13-12-6-4-3-5-7-12/h3-7H,1,8-10H2,2H3. The maximum absolute atomic E-state index is 5.54. The molecule has 1 aromatic carbocycles. The van der Waals surface area contributed by atoms with Crippen LogP contribution in [0, 0.1) is 0 Å². The molecule has 0 fully saturated rings. The molecule has 0 atom stereocenters. The van der Waals surface area contributed by atoms with Crippen LogP contribution in [0.4, 0.5) is 0 Å². The Balaban J connectivity index is 2.08. The van der Waals surface area contributed by atoms with E-state index in [1.54, 1.807) is 0 Å². The highest BCUT2D eigenvalue weighted by Gasteiger charge is 1.92. The summed E-state index contributed by atoms with van der Waals surface area (Å²) in [6.45, 7) is 6.66. The van der Waals surface area contributed by atoms with Gasteiger partial charge in [0.05, 0.1) is 6.61 Å². The lowest BCUT2D eigenvalue weighted by Crippen LogP contribution is -2.00. The Bertz CT molecular complexity index is 269. The van der Waals surface area contributed by atoms with Crippen LogP contribution in [0.25, 0.3) is 0 Å². The number of rotatable bonds is 6. The van der Waals surface area contributed by atoms with Crippen LogP contribution in [0.2, 0.25) is 0 Å². The zero-order valence-corrected chi connectivity index (χ0v) is 9.35. The van der Waals surface area contributed by atoms with E-state index in [-0.39, 0.29) is 0 Å². The topological polar surface area (TPSA) is 9.23 Å². The van der Waals surface area contributed by atoms with Crippen molar-refractivity contribution >= 4 is 11.8 Å². The van der Waals surface area contributed by atoms with E-state index in [0.717, 1.165) is 23.9 Å². The van der Waals surface area contributed by atoms with Gasteiger partial charge < -0.3 is 4.74 Å². The van der Waals surface area contributed by atoms with Gasteiger partial charge in [-0.3, -0.25) is 0 Å². The fraction of sp³-hybridized carbons (Fsp3) is 0.333. The highest BCUT2D eigenvalue weighted by molar-refractivity contribution is 7.99. The van der Waals surface area contributed by atoms with Gasteiger partial charge >= 0.3 is 0 Å². The van der Waals surface area contributed by atoms with Crippen LogP contribution < -0.4 is 4.74 Å². The first-order chi connectivity index (χ1) is 6.79. The summed E-state index contributed by atoms with van der Waals surface area (Å²) >= 11 is 1.86. The van der Waals surface area contributed by atoms with Gasteiger partial charge in [0.25, 0.3) is 0 Å². The monoisotopic (exact) mass is 208 g/mol. The van der Waals surface area contributed by atoms with Crippen molar-refractivity contribution in [2.75, 3.05) is 18.1 Å². The normalized spacial score (nSPS) is 9.79. The molecule has 2 heteroatoms. The van der Waals surface area contributed by atoms with E-state index in [0.29, 0.717) is 0 Å². The quantitative estimate of drug-likeness (QED) is 0.523. The lowest BCUT2D eigenvalue weighted by atomic mass is 10.3. The van der Waals surface area contributed by atoms with Gasteiger partial charge in [-0.1, -0.05) is 30.4 Å². The molecule has 0 amide bonds. The highest BCUT2D eigenvalue weighted by Crippen LogP contribution is 2.10. The largest absolute Gasteiger partial charge is 0.493 e. The van der Waals surface area contributed by atoms with Crippen LogP contribution >= 0.6 is 11.8 Å². The molecule has 0 bridgehead atoms. The molecule has 76 valence electrons. The van der Waals surface area contributed by atoms with E-state index in [1.165, 1.54) is 5.57 Å². The molecule has 0 heterocycles. The average Bonchev–Trinajstić information content (AvgIpc) is 2.18. The molecule has 1 nitrogen and oxygen atoms in total. The van der Waals surface area contributed by atoms with Gasteiger partial charge in [-0.25, -0.2) is 0 Å². The fourth-order valence-electron chi connectivity index (χ4n) is 0.982. The summed E-state index contributed by atoms with van der Waals surface area (Å²) in [7, 11) is 0. The van der Waals surface area contributed by atoms with Crippen molar-refractivity contribution in [3.63, 3.8) is 0 Å². The number of benzene rings is 1. The number of para-hydroxylation sites is 1. The third-order valence-electron chi connectivity index (χ3n) is 1.59. The van der Waals surface area contributed by atoms with Crippen molar-refractivity contribution in [3.8, 4) is 5.75 Å². The minimum atomic E-state index is 0.766. The molecule has 1 rings (SSSR count). The Kier molecular flexibility index (Phi) is 5.23. The van der Waals surface area contributed by atoms with Gasteiger partial charge in [-0.05, 0) is 19.1 Å². The maximum atomic E-state index is 5.54. The molecule has 14 heavy (non-hydrogen) atoms. The predicted octanol–water partition coefficient (Wildman–Crippen LogP) is 3.37. The second-order valence-electron chi connectivity index (χ2n) is 3.17. The molecular formula is C12H16OS. The van der Waals surface area contributed by atoms with Gasteiger partial charge in [0.15, 0.2) is 0 Å². The van der Waals surface area contributed by atoms with Crippen molar-refractivity contribution in [2.24, 2.45) is 0 Å². The molecule has 0 aliphatic rings. The molecule has 1 aromatic rings. The SMILES string of the molecule is C=C(C)CSCCOc1ccccc1. The molecule has 0 radical (unpaired) electrons. The van der Waals surface area contributed by atoms with E-state index in [2.05, 4.69) is 6.58 Å². The second kappa shape index (κ2) is 6.55. The Morgan fingerprint density at radius 3 is 2.71 bits per heavy atom. The minimum Gasteiger partial charge on any atom is -0.493 e. The summed E-state index contributed by atoms with van der Waals surface area (Å²) in [6, 6.07) is 9.91. The third kappa shape index (κ3) is 4.97. The lowest BCUT2D eigenvalue weighted by molar-refractivity contribution is 0.344. The molecule has 0 aromatic heterocycles. The molecule has 0 saturated heterocycles. The Hall–Kier alpha value is -0.890. The van der Waals surface area contributed by atoms with Gasteiger partial charge in [-0.15, -0.1) is 0 Å². The fourth-order valence-corrected chi connectivity index (χ4v) is 1.68. The first-order valence-corrected chi connectivity index (χ1v) is 5.84. The van der Waals surface area contributed by atoms with E-state index in [1.807, 2.05) is 49.0 Å². The number of hydrogen-bond acceptors (Lipinski definition) is 2. The van der Waals surface area contributed by atoms with Gasteiger partial charge in [0.1, 0.15) is 5.75 Å².